The molecule has 21 heavy (non-hydrogen) atoms. The highest BCUT2D eigenvalue weighted by atomic mass is 15.0. The predicted octanol–water partition coefficient (Wildman–Crippen LogP) is 4.15. The number of nitrogens with one attached hydrogen (secondary N) is 1. The molecule has 2 rings (SSSR count). The first-order valence-corrected chi connectivity index (χ1v) is 6.53. The first-order valence-electron chi connectivity index (χ1n) is 6.53. The van der Waals surface area contributed by atoms with Crippen LogP contribution in [0.5, 0.6) is 0 Å². The van der Waals surface area contributed by atoms with E-state index < -0.39 is 0 Å². The third-order valence-electron chi connectivity index (χ3n) is 2.85. The van der Waals surface area contributed by atoms with E-state index in [1.54, 1.807) is 12.1 Å². The van der Waals surface area contributed by atoms with Crippen molar-refractivity contribution in [1.82, 2.24) is 4.98 Å². The van der Waals surface area contributed by atoms with Gasteiger partial charge in [-0.1, -0.05) is 24.8 Å². The number of hydrogen-bond donors (Lipinski definition) is 1. The maximum atomic E-state index is 8.75. The molecule has 1 N–H and O–H groups in total. The number of para-hydroxylation sites is 1. The SMILES string of the molecule is C=C(C)c1ccccc1/N=C(\C)Nc1ccc(C#N)cn1. The van der Waals surface area contributed by atoms with Gasteiger partial charge in [-0.05, 0) is 37.6 Å². The summed E-state index contributed by atoms with van der Waals surface area (Å²) in [5.41, 5.74) is 3.39. The highest BCUT2D eigenvalue weighted by Gasteiger charge is 2.02. The lowest BCUT2D eigenvalue weighted by Crippen LogP contribution is -2.08. The predicted molar refractivity (Wildman–Crippen MR) is 86.5 cm³/mol. The van der Waals surface area contributed by atoms with Crippen molar-refractivity contribution in [3.63, 3.8) is 0 Å². The molecule has 0 amide bonds. The largest absolute Gasteiger partial charge is 0.329 e. The maximum Gasteiger partial charge on any atom is 0.131 e. The van der Waals surface area contributed by atoms with Crippen molar-refractivity contribution in [3.05, 3.63) is 60.3 Å². The van der Waals surface area contributed by atoms with Crippen LogP contribution in [0.3, 0.4) is 0 Å². The first kappa shape index (κ1) is 14.5. The molecule has 0 saturated heterocycles. The second-order valence-electron chi connectivity index (χ2n) is 4.66. The van der Waals surface area contributed by atoms with Crippen LogP contribution in [-0.4, -0.2) is 10.8 Å². The summed E-state index contributed by atoms with van der Waals surface area (Å²) in [6.45, 7) is 7.79. The third kappa shape index (κ3) is 3.77. The van der Waals surface area contributed by atoms with Gasteiger partial charge in [0.05, 0.1) is 11.3 Å². The number of benzene rings is 1. The summed E-state index contributed by atoms with van der Waals surface area (Å²) in [5.74, 6) is 1.38. The molecule has 0 aliphatic heterocycles. The van der Waals surface area contributed by atoms with E-state index in [-0.39, 0.29) is 0 Å². The van der Waals surface area contributed by atoms with Crippen molar-refractivity contribution in [3.8, 4) is 6.07 Å². The summed E-state index contributed by atoms with van der Waals surface area (Å²) in [6.07, 6.45) is 1.53. The number of aliphatic imine (C=N–C) groups is 1. The molecule has 0 radical (unpaired) electrons. The number of aromatic nitrogens is 1. The van der Waals surface area contributed by atoms with E-state index in [4.69, 9.17) is 5.26 Å². The van der Waals surface area contributed by atoms with E-state index in [1.807, 2.05) is 44.2 Å². The van der Waals surface area contributed by atoms with Crippen molar-refractivity contribution in [2.75, 3.05) is 5.32 Å². The van der Waals surface area contributed by atoms with E-state index in [1.165, 1.54) is 6.20 Å². The van der Waals surface area contributed by atoms with Crippen LogP contribution in [0.15, 0.2) is 54.2 Å². The van der Waals surface area contributed by atoms with Gasteiger partial charge in [-0.25, -0.2) is 9.98 Å². The molecule has 2 aromatic rings. The molecule has 1 aromatic heterocycles. The van der Waals surface area contributed by atoms with Crippen LogP contribution in [0.2, 0.25) is 0 Å². The quantitative estimate of drug-likeness (QED) is 0.676. The number of nitriles is 1. The van der Waals surface area contributed by atoms with E-state index in [0.29, 0.717) is 11.4 Å². The minimum atomic E-state index is 0.530. The second kappa shape index (κ2) is 6.49. The molecule has 0 saturated carbocycles. The standard InChI is InChI=1S/C17H16N4/c1-12(2)15-6-4-5-7-16(15)20-13(3)21-17-9-8-14(10-18)11-19-17/h4-9,11H,1H2,2-3H3,(H,19,20,21). The molecule has 0 aliphatic carbocycles. The number of rotatable bonds is 3. The molecule has 0 bridgehead atoms. The zero-order chi connectivity index (χ0) is 15.2. The lowest BCUT2D eigenvalue weighted by Gasteiger charge is -2.08. The van der Waals surface area contributed by atoms with Crippen molar-refractivity contribution in [2.24, 2.45) is 4.99 Å². The molecule has 1 aromatic carbocycles. The third-order valence-corrected chi connectivity index (χ3v) is 2.85. The van der Waals surface area contributed by atoms with Gasteiger partial charge >= 0.3 is 0 Å². The maximum absolute atomic E-state index is 8.75. The van der Waals surface area contributed by atoms with Gasteiger partial charge in [0.15, 0.2) is 0 Å². The number of anilines is 1. The number of amidine groups is 1. The average molecular weight is 276 g/mol. The summed E-state index contributed by atoms with van der Waals surface area (Å²) in [6, 6.07) is 13.4. The molecular formula is C17H16N4. The van der Waals surface area contributed by atoms with E-state index in [9.17, 15) is 0 Å². The average Bonchev–Trinajstić information content (AvgIpc) is 2.48. The zero-order valence-corrected chi connectivity index (χ0v) is 12.1. The second-order valence-corrected chi connectivity index (χ2v) is 4.66. The molecular weight excluding hydrogens is 260 g/mol. The Hall–Kier alpha value is -2.93. The molecule has 0 spiro atoms. The molecule has 0 atom stereocenters. The summed E-state index contributed by atoms with van der Waals surface area (Å²) in [4.78, 5) is 8.71. The minimum absolute atomic E-state index is 0.530. The van der Waals surface area contributed by atoms with Crippen LogP contribution in [0.25, 0.3) is 5.57 Å². The molecule has 104 valence electrons. The first-order chi connectivity index (χ1) is 10.1. The summed E-state index contributed by atoms with van der Waals surface area (Å²) in [7, 11) is 0. The normalized spacial score (nSPS) is 10.8. The van der Waals surface area contributed by atoms with Crippen LogP contribution in [0.4, 0.5) is 11.5 Å². The number of pyridine rings is 1. The summed E-state index contributed by atoms with van der Waals surface area (Å²) >= 11 is 0. The Kier molecular flexibility index (Phi) is 4.47. The van der Waals surface area contributed by atoms with Gasteiger partial charge in [-0.2, -0.15) is 5.26 Å². The van der Waals surface area contributed by atoms with Gasteiger partial charge in [0.25, 0.3) is 0 Å². The van der Waals surface area contributed by atoms with Crippen molar-refractivity contribution < 1.29 is 0 Å². The van der Waals surface area contributed by atoms with Gasteiger partial charge in [-0.15, -0.1) is 0 Å². The molecule has 0 unspecified atom stereocenters. The van der Waals surface area contributed by atoms with Gasteiger partial charge in [-0.3, -0.25) is 0 Å². The lowest BCUT2D eigenvalue weighted by molar-refractivity contribution is 1.29. The van der Waals surface area contributed by atoms with Crippen LogP contribution in [0.1, 0.15) is 25.0 Å². The Morgan fingerprint density at radius 3 is 2.62 bits per heavy atom. The Morgan fingerprint density at radius 2 is 2.00 bits per heavy atom. The van der Waals surface area contributed by atoms with Gasteiger partial charge in [0.1, 0.15) is 17.7 Å². The number of hydrogen-bond acceptors (Lipinski definition) is 3. The molecule has 1 heterocycles. The smallest absolute Gasteiger partial charge is 0.131 e. The van der Waals surface area contributed by atoms with Gasteiger partial charge in [0, 0.05) is 11.8 Å². The Bertz CT molecular complexity index is 721. The fourth-order valence-corrected chi connectivity index (χ4v) is 1.86. The monoisotopic (exact) mass is 276 g/mol. The van der Waals surface area contributed by atoms with Crippen molar-refractivity contribution >= 4 is 22.9 Å². The lowest BCUT2D eigenvalue weighted by atomic mass is 10.1. The molecule has 4 heteroatoms. The highest BCUT2D eigenvalue weighted by molar-refractivity contribution is 5.95. The molecule has 0 aliphatic rings. The van der Waals surface area contributed by atoms with Crippen molar-refractivity contribution in [1.29, 1.82) is 5.26 Å². The minimum Gasteiger partial charge on any atom is -0.329 e. The number of nitrogens with zero attached hydrogens (tertiary/aromatic N) is 3. The van der Waals surface area contributed by atoms with Crippen molar-refractivity contribution in [2.45, 2.75) is 13.8 Å². The van der Waals surface area contributed by atoms with Gasteiger partial charge in [0.2, 0.25) is 0 Å². The van der Waals surface area contributed by atoms with E-state index in [2.05, 4.69) is 21.9 Å². The number of allylic oxidation sites excluding steroid dienone is 1. The molecule has 0 fully saturated rings. The fraction of sp³-hybridized carbons (Fsp3) is 0.118. The topological polar surface area (TPSA) is 61.1 Å². The zero-order valence-electron chi connectivity index (χ0n) is 12.1. The Morgan fingerprint density at radius 1 is 1.24 bits per heavy atom. The van der Waals surface area contributed by atoms with E-state index in [0.717, 1.165) is 22.7 Å². The summed E-state index contributed by atoms with van der Waals surface area (Å²) in [5, 5.41) is 11.9. The Labute approximate surface area is 124 Å². The Balaban J connectivity index is 2.21. The summed E-state index contributed by atoms with van der Waals surface area (Å²) < 4.78 is 0. The molecule has 4 nitrogen and oxygen atoms in total. The van der Waals surface area contributed by atoms with Gasteiger partial charge < -0.3 is 5.32 Å². The van der Waals surface area contributed by atoms with Crippen LogP contribution >= 0.6 is 0 Å². The van der Waals surface area contributed by atoms with Crippen LogP contribution in [0, 0.1) is 11.3 Å². The fourth-order valence-electron chi connectivity index (χ4n) is 1.86. The highest BCUT2D eigenvalue weighted by Crippen LogP contribution is 2.25. The van der Waals surface area contributed by atoms with Crippen LogP contribution < -0.4 is 5.32 Å². The van der Waals surface area contributed by atoms with E-state index >= 15 is 0 Å². The van der Waals surface area contributed by atoms with Crippen LogP contribution in [-0.2, 0) is 0 Å².